The van der Waals surface area contributed by atoms with Gasteiger partial charge in [0.15, 0.2) is 5.82 Å². The van der Waals surface area contributed by atoms with E-state index in [-0.39, 0.29) is 0 Å². The quantitative estimate of drug-likeness (QED) is 0.114. The van der Waals surface area contributed by atoms with Crippen molar-refractivity contribution in [2.75, 3.05) is 0 Å². The van der Waals surface area contributed by atoms with Gasteiger partial charge in [0, 0.05) is 24.2 Å². The summed E-state index contributed by atoms with van der Waals surface area (Å²) < 4.78 is 14.7. The Bertz CT molecular complexity index is 4800. The van der Waals surface area contributed by atoms with Gasteiger partial charge >= 0.3 is 436 Å². The van der Waals surface area contributed by atoms with E-state index in [1.807, 2.05) is 30.5 Å². The molecule has 0 spiro atoms. The summed E-state index contributed by atoms with van der Waals surface area (Å²) in [6, 6.07) is 102. The molecule has 4 aromatic heterocycles. The molecule has 15 aromatic rings. The molecule has 15 rings (SSSR count). The molecule has 0 aliphatic carbocycles. The van der Waals surface area contributed by atoms with Gasteiger partial charge < -0.3 is 0 Å². The molecule has 0 aliphatic rings. The molecule has 0 unspecified atom stereocenters. The van der Waals surface area contributed by atoms with E-state index in [0.29, 0.717) is 17.3 Å². The fourth-order valence-corrected chi connectivity index (χ4v) is 12.9. The van der Waals surface area contributed by atoms with E-state index in [0.717, 1.165) is 132 Å². The molecule has 0 bridgehead atoms. The summed E-state index contributed by atoms with van der Waals surface area (Å²) >= 11 is 2.52. The number of nitrogens with zero attached hydrogens (tertiary/aromatic N) is 6. The standard InChI is InChI=1S/C77H50N6O.Pt/c1-52-41-75(80-50-70(52)77-78-39-20-40-79-77)83-71-34-15-14-31-68(71)69-38-37-65(49-74(69)83)84-64-30-18-29-63(48-64)81-51-82(73-36-17-16-35-72(73)81)76-66(61-44-57(53-21-6-2-7-22-53)42-58(45-61)54-23-8-3-9-24-54)32-19-33-67(76)62-46-59(55-25-10-4-11-26-55)43-60(47-62)56-27-12-5-13-28-56;/h2-47,50H,1H3;/q-2;. The number of benzene rings is 11. The van der Waals surface area contributed by atoms with Crippen LogP contribution in [0.4, 0.5) is 0 Å². The second-order valence-electron chi connectivity index (χ2n) is 21.0. The van der Waals surface area contributed by atoms with Gasteiger partial charge in [-0.2, -0.15) is 0 Å². The van der Waals surface area contributed by atoms with E-state index in [9.17, 15) is 0 Å². The van der Waals surface area contributed by atoms with Crippen LogP contribution in [0, 0.1) is 22.9 Å². The average molecular weight is 1270 g/mol. The van der Waals surface area contributed by atoms with Crippen LogP contribution in [-0.2, 0) is 19.4 Å². The second kappa shape index (κ2) is 22.0. The first-order chi connectivity index (χ1) is 42.0. The number of hydrogen-bond donors (Lipinski definition) is 0. The van der Waals surface area contributed by atoms with Gasteiger partial charge in [0.2, 0.25) is 0 Å². The summed E-state index contributed by atoms with van der Waals surface area (Å²) in [6.07, 6.45) is 5.36. The molecule has 8 heteroatoms. The van der Waals surface area contributed by atoms with Crippen LogP contribution in [0.2, 0.25) is 0 Å². The van der Waals surface area contributed by atoms with Crippen molar-refractivity contribution in [3.8, 4) is 107 Å². The van der Waals surface area contributed by atoms with E-state index in [2.05, 4.69) is 305 Å². The molecule has 0 atom stereocenters. The van der Waals surface area contributed by atoms with Gasteiger partial charge in [0.1, 0.15) is 0 Å². The first kappa shape index (κ1) is 51.3. The second-order valence-corrected chi connectivity index (χ2v) is 22.1. The summed E-state index contributed by atoms with van der Waals surface area (Å²) in [5, 5.41) is 2.14. The van der Waals surface area contributed by atoms with Crippen LogP contribution in [0.5, 0.6) is 11.5 Å². The molecule has 0 saturated carbocycles. The number of imidazole rings is 1. The first-order valence-corrected chi connectivity index (χ1v) is 29.4. The van der Waals surface area contributed by atoms with Gasteiger partial charge in [-0.1, -0.05) is 12.1 Å². The maximum atomic E-state index is 6.84. The third kappa shape index (κ3) is 9.61. The zero-order chi connectivity index (χ0) is 56.8. The van der Waals surface area contributed by atoms with Crippen LogP contribution in [0.15, 0.2) is 286 Å². The van der Waals surface area contributed by atoms with Crippen molar-refractivity contribution in [1.29, 1.82) is 0 Å². The molecule has 0 fully saturated rings. The van der Waals surface area contributed by atoms with Crippen LogP contribution in [0.3, 0.4) is 0 Å². The predicted octanol–water partition coefficient (Wildman–Crippen LogP) is 19.2. The molecule has 0 amide bonds. The Kier molecular flexibility index (Phi) is 13.2. The van der Waals surface area contributed by atoms with Crippen molar-refractivity contribution < 1.29 is 24.1 Å². The Balaban J connectivity index is 0.907. The summed E-state index contributed by atoms with van der Waals surface area (Å²) in [4.78, 5) is 14.0. The minimum Gasteiger partial charge on any atom is -0.237 e. The van der Waals surface area contributed by atoms with E-state index >= 15 is 0 Å². The van der Waals surface area contributed by atoms with Crippen molar-refractivity contribution in [3.05, 3.63) is 307 Å². The van der Waals surface area contributed by atoms with Crippen molar-refractivity contribution in [2.45, 2.75) is 6.92 Å². The molecule has 0 radical (unpaired) electrons. The smallest absolute Gasteiger partial charge is 0.237 e. The molecule has 0 N–H and O–H groups in total. The number of aromatic nitrogens is 6. The molecule has 85 heavy (non-hydrogen) atoms. The maximum absolute atomic E-state index is 6.84. The summed E-state index contributed by atoms with van der Waals surface area (Å²) in [6.45, 7) is 2.07. The van der Waals surface area contributed by atoms with E-state index in [4.69, 9.17) is 9.72 Å². The topological polar surface area (TPSA) is 62.7 Å². The van der Waals surface area contributed by atoms with Crippen molar-refractivity contribution in [2.24, 2.45) is 0 Å². The number of aryl methyl sites for hydroxylation is 1. The average Bonchev–Trinajstić information content (AvgIpc) is 2.29. The Morgan fingerprint density at radius 3 is 1.40 bits per heavy atom. The zero-order valence-corrected chi connectivity index (χ0v) is 48.3. The predicted molar refractivity (Wildman–Crippen MR) is 341 cm³/mol. The first-order valence-electron chi connectivity index (χ1n) is 28.2. The molecule has 4 heterocycles. The Labute approximate surface area is 503 Å². The third-order valence-electron chi connectivity index (χ3n) is 15.8. The number of pyridine rings is 1. The van der Waals surface area contributed by atoms with Crippen molar-refractivity contribution in [1.82, 2.24) is 28.7 Å². The zero-order valence-electron chi connectivity index (χ0n) is 46.0. The molecular weight excluding hydrogens is 1220 g/mol. The molecule has 7 nitrogen and oxygen atoms in total. The summed E-state index contributed by atoms with van der Waals surface area (Å²) in [5.74, 6) is 2.50. The van der Waals surface area contributed by atoms with Crippen LogP contribution in [0.1, 0.15) is 5.56 Å². The SMILES string of the molecule is Cc1cc(-n2c3[c-]c(Oc4[c-]c(-n5[c](=[Pt])n(-c6c(-c7cc(-c8ccccc8)cc(-c8ccccc8)c7)cccc6-c6cc(-c7ccccc7)cc(-c7ccccc7)c6)c6ccccc65)ccc4)ccc3c3ccccc32)ncc1-c1ncccn1. The van der Waals surface area contributed by atoms with Gasteiger partial charge in [-0.05, 0) is 18.6 Å². The fraction of sp³-hybridized carbons (Fsp3) is 0.0130. The normalized spacial score (nSPS) is 11.4. The number of fused-ring (bicyclic) bond motifs is 4. The van der Waals surface area contributed by atoms with Crippen molar-refractivity contribution >= 4 is 32.8 Å². The van der Waals surface area contributed by atoms with E-state index in [1.165, 1.54) is 0 Å². The fourth-order valence-electron chi connectivity index (χ4n) is 11.8. The van der Waals surface area contributed by atoms with Gasteiger partial charge in [0.05, 0.1) is 0 Å². The summed E-state index contributed by atoms with van der Waals surface area (Å²) in [5.41, 5.74) is 21.2. The number of ether oxygens (including phenoxy) is 1. The molecule has 0 aliphatic heterocycles. The molecule has 406 valence electrons. The number of para-hydroxylation sites is 4. The number of hydrogen-bond acceptors (Lipinski definition) is 4. The Hall–Kier alpha value is -10.6. The van der Waals surface area contributed by atoms with Gasteiger partial charge in [0.25, 0.3) is 0 Å². The van der Waals surface area contributed by atoms with Gasteiger partial charge in [-0.25, -0.2) is 9.97 Å². The van der Waals surface area contributed by atoms with Crippen molar-refractivity contribution in [3.63, 3.8) is 0 Å². The van der Waals surface area contributed by atoms with Crippen LogP contribution in [0.25, 0.3) is 128 Å². The van der Waals surface area contributed by atoms with Gasteiger partial charge in [-0.15, -0.1) is 0 Å². The monoisotopic (exact) mass is 1270 g/mol. The molecular formula is C77H50N6OPt-2. The Morgan fingerprint density at radius 2 is 0.847 bits per heavy atom. The minimum atomic E-state index is 0.552. The Morgan fingerprint density at radius 1 is 0.365 bits per heavy atom. The minimum absolute atomic E-state index is 0.552. The molecule has 11 aromatic carbocycles. The van der Waals surface area contributed by atoms with Crippen LogP contribution >= 0.6 is 0 Å². The van der Waals surface area contributed by atoms with Crippen LogP contribution < -0.4 is 4.74 Å². The third-order valence-corrected chi connectivity index (χ3v) is 16.8. The molecule has 0 saturated heterocycles. The van der Waals surface area contributed by atoms with Gasteiger partial charge in [-0.3, -0.25) is 0 Å². The number of rotatable bonds is 12. The van der Waals surface area contributed by atoms with E-state index < -0.39 is 0 Å². The van der Waals surface area contributed by atoms with Crippen LogP contribution in [-0.4, -0.2) is 28.7 Å². The van der Waals surface area contributed by atoms with E-state index in [1.54, 1.807) is 12.4 Å². The summed E-state index contributed by atoms with van der Waals surface area (Å²) in [7, 11) is 0.